The molecule has 4 nitrogen and oxygen atoms in total. The number of benzene rings is 2. The van der Waals surface area contributed by atoms with Crippen molar-refractivity contribution < 1.29 is 18.7 Å². The lowest BCUT2D eigenvalue weighted by atomic mass is 10.2. The molecule has 3 aromatic rings. The minimum Gasteiger partial charge on any atom is -0.465 e. The van der Waals surface area contributed by atoms with E-state index >= 15 is 0 Å². The molecule has 0 aliphatic rings. The smallest absolute Gasteiger partial charge is 0.337 e. The summed E-state index contributed by atoms with van der Waals surface area (Å²) < 4.78 is 18.5. The number of esters is 1. The number of hydrogen-bond donors (Lipinski definition) is 1. The standard InChI is InChI=1S/C17H11ClFNO3S/c1-23-17(22)9-3-2-4-11(7-9)20-16(21)15-14(18)12-6-5-10(19)8-13(12)24-15/h2-8H,1H3,(H,20,21). The number of halogens is 2. The van der Waals surface area contributed by atoms with E-state index in [0.717, 1.165) is 11.3 Å². The molecule has 0 aliphatic heterocycles. The number of carbonyl (C=O) groups excluding carboxylic acids is 2. The summed E-state index contributed by atoms with van der Waals surface area (Å²) in [7, 11) is 1.28. The molecule has 122 valence electrons. The molecule has 3 rings (SSSR count). The summed E-state index contributed by atoms with van der Waals surface area (Å²) in [5.41, 5.74) is 0.752. The molecule has 7 heteroatoms. The van der Waals surface area contributed by atoms with E-state index in [9.17, 15) is 14.0 Å². The van der Waals surface area contributed by atoms with Crippen molar-refractivity contribution in [2.45, 2.75) is 0 Å². The zero-order chi connectivity index (χ0) is 17.3. The Morgan fingerprint density at radius 3 is 2.75 bits per heavy atom. The van der Waals surface area contributed by atoms with Crippen molar-refractivity contribution in [3.8, 4) is 0 Å². The molecule has 0 saturated carbocycles. The van der Waals surface area contributed by atoms with Crippen LogP contribution in [0.4, 0.5) is 10.1 Å². The van der Waals surface area contributed by atoms with Crippen molar-refractivity contribution in [3.05, 3.63) is 63.7 Å². The van der Waals surface area contributed by atoms with Gasteiger partial charge < -0.3 is 10.1 Å². The van der Waals surface area contributed by atoms with Gasteiger partial charge in [0, 0.05) is 15.8 Å². The number of amides is 1. The maximum Gasteiger partial charge on any atom is 0.337 e. The predicted octanol–water partition coefficient (Wildman–Crippen LogP) is 4.73. The Morgan fingerprint density at radius 2 is 2.00 bits per heavy atom. The summed E-state index contributed by atoms with van der Waals surface area (Å²) in [6, 6.07) is 10.5. The lowest BCUT2D eigenvalue weighted by molar-refractivity contribution is 0.0600. The van der Waals surface area contributed by atoms with Crippen LogP contribution in [0.5, 0.6) is 0 Å². The van der Waals surface area contributed by atoms with Gasteiger partial charge in [-0.15, -0.1) is 11.3 Å². The predicted molar refractivity (Wildman–Crippen MR) is 92.5 cm³/mol. The monoisotopic (exact) mass is 363 g/mol. The zero-order valence-corrected chi connectivity index (χ0v) is 14.0. The second-order valence-corrected chi connectivity index (χ2v) is 6.34. The molecule has 1 aromatic heterocycles. The first-order valence-corrected chi connectivity index (χ1v) is 8.06. The number of anilines is 1. The topological polar surface area (TPSA) is 55.4 Å². The van der Waals surface area contributed by atoms with E-state index in [1.165, 1.54) is 31.4 Å². The van der Waals surface area contributed by atoms with Gasteiger partial charge in [0.05, 0.1) is 17.7 Å². The third-order valence-corrected chi connectivity index (χ3v) is 5.00. The highest BCUT2D eigenvalue weighted by Gasteiger charge is 2.18. The molecule has 0 radical (unpaired) electrons. The SMILES string of the molecule is COC(=O)c1cccc(NC(=O)c2sc3cc(F)ccc3c2Cl)c1. The molecule has 1 heterocycles. The Morgan fingerprint density at radius 1 is 1.21 bits per heavy atom. The Labute approximate surface area is 145 Å². The highest BCUT2D eigenvalue weighted by Crippen LogP contribution is 2.36. The summed E-state index contributed by atoms with van der Waals surface area (Å²) >= 11 is 7.33. The van der Waals surface area contributed by atoms with Gasteiger partial charge in [0.1, 0.15) is 10.7 Å². The number of carbonyl (C=O) groups is 2. The van der Waals surface area contributed by atoms with E-state index in [-0.39, 0.29) is 9.90 Å². The van der Waals surface area contributed by atoms with Crippen molar-refractivity contribution in [1.82, 2.24) is 0 Å². The maximum atomic E-state index is 13.3. The molecule has 0 fully saturated rings. The van der Waals surface area contributed by atoms with Gasteiger partial charge in [-0.25, -0.2) is 9.18 Å². The minimum atomic E-state index is -0.499. The van der Waals surface area contributed by atoms with E-state index in [2.05, 4.69) is 10.1 Å². The second kappa shape index (κ2) is 6.59. The summed E-state index contributed by atoms with van der Waals surface area (Å²) in [6.07, 6.45) is 0. The molecule has 2 aromatic carbocycles. The fourth-order valence-corrected chi connectivity index (χ4v) is 3.65. The lowest BCUT2D eigenvalue weighted by Gasteiger charge is -2.06. The molecule has 0 bridgehead atoms. The normalized spacial score (nSPS) is 10.6. The van der Waals surface area contributed by atoms with Gasteiger partial charge in [-0.2, -0.15) is 0 Å². The maximum absolute atomic E-state index is 13.3. The Balaban J connectivity index is 1.90. The van der Waals surface area contributed by atoms with Gasteiger partial charge in [0.25, 0.3) is 5.91 Å². The van der Waals surface area contributed by atoms with Gasteiger partial charge >= 0.3 is 5.97 Å². The highest BCUT2D eigenvalue weighted by molar-refractivity contribution is 7.21. The Kier molecular flexibility index (Phi) is 4.51. The molecule has 24 heavy (non-hydrogen) atoms. The molecule has 1 N–H and O–H groups in total. The van der Waals surface area contributed by atoms with Crippen LogP contribution < -0.4 is 5.32 Å². The summed E-state index contributed by atoms with van der Waals surface area (Å²) in [4.78, 5) is 24.3. The summed E-state index contributed by atoms with van der Waals surface area (Å²) in [5.74, 6) is -1.32. The summed E-state index contributed by atoms with van der Waals surface area (Å²) in [5, 5.41) is 3.58. The van der Waals surface area contributed by atoms with E-state index < -0.39 is 17.7 Å². The van der Waals surface area contributed by atoms with Crippen LogP contribution in [-0.2, 0) is 4.74 Å². The molecule has 0 spiro atoms. The van der Waals surface area contributed by atoms with E-state index in [1.807, 2.05) is 0 Å². The summed E-state index contributed by atoms with van der Waals surface area (Å²) in [6.45, 7) is 0. The second-order valence-electron chi connectivity index (χ2n) is 4.91. The van der Waals surface area contributed by atoms with Gasteiger partial charge in [-0.1, -0.05) is 17.7 Å². The third-order valence-electron chi connectivity index (χ3n) is 3.34. The van der Waals surface area contributed by atoms with Crippen molar-refractivity contribution >= 4 is 50.6 Å². The number of methoxy groups -OCH3 is 1. The van der Waals surface area contributed by atoms with Crippen LogP contribution >= 0.6 is 22.9 Å². The largest absolute Gasteiger partial charge is 0.465 e. The fourth-order valence-electron chi connectivity index (χ4n) is 2.21. The number of fused-ring (bicyclic) bond motifs is 1. The zero-order valence-electron chi connectivity index (χ0n) is 12.4. The first kappa shape index (κ1) is 16.4. The molecule has 0 atom stereocenters. The van der Waals surface area contributed by atoms with E-state index in [1.54, 1.807) is 18.2 Å². The molecule has 1 amide bonds. The van der Waals surface area contributed by atoms with E-state index in [0.29, 0.717) is 21.3 Å². The number of nitrogens with one attached hydrogen (secondary N) is 1. The van der Waals surface area contributed by atoms with Crippen LogP contribution in [0, 0.1) is 5.82 Å². The van der Waals surface area contributed by atoms with Crippen molar-refractivity contribution in [2.24, 2.45) is 0 Å². The fraction of sp³-hybridized carbons (Fsp3) is 0.0588. The number of ether oxygens (including phenoxy) is 1. The van der Waals surface area contributed by atoms with Crippen LogP contribution in [0.15, 0.2) is 42.5 Å². The average Bonchev–Trinajstić information content (AvgIpc) is 2.90. The Bertz CT molecular complexity index is 954. The third kappa shape index (κ3) is 3.11. The molecule has 0 saturated heterocycles. The average molecular weight is 364 g/mol. The van der Waals surface area contributed by atoms with Gasteiger partial charge in [0.15, 0.2) is 0 Å². The van der Waals surface area contributed by atoms with Gasteiger partial charge in [-0.3, -0.25) is 4.79 Å². The minimum absolute atomic E-state index is 0.275. The van der Waals surface area contributed by atoms with Crippen molar-refractivity contribution in [3.63, 3.8) is 0 Å². The van der Waals surface area contributed by atoms with Crippen molar-refractivity contribution in [1.29, 1.82) is 0 Å². The highest BCUT2D eigenvalue weighted by atomic mass is 35.5. The number of rotatable bonds is 3. The molecule has 0 unspecified atom stereocenters. The molecular weight excluding hydrogens is 353 g/mol. The van der Waals surface area contributed by atoms with Crippen LogP contribution in [-0.4, -0.2) is 19.0 Å². The number of hydrogen-bond acceptors (Lipinski definition) is 4. The van der Waals surface area contributed by atoms with Gasteiger partial charge in [-0.05, 0) is 36.4 Å². The molecule has 0 aliphatic carbocycles. The lowest BCUT2D eigenvalue weighted by Crippen LogP contribution is -2.11. The van der Waals surface area contributed by atoms with Crippen molar-refractivity contribution in [2.75, 3.05) is 12.4 Å². The van der Waals surface area contributed by atoms with Crippen LogP contribution in [0.2, 0.25) is 5.02 Å². The van der Waals surface area contributed by atoms with Crippen LogP contribution in [0.3, 0.4) is 0 Å². The quantitative estimate of drug-likeness (QED) is 0.684. The van der Waals surface area contributed by atoms with Crippen LogP contribution in [0.1, 0.15) is 20.0 Å². The van der Waals surface area contributed by atoms with E-state index in [4.69, 9.17) is 11.6 Å². The molecular formula is C17H11ClFNO3S. The van der Waals surface area contributed by atoms with Crippen LogP contribution in [0.25, 0.3) is 10.1 Å². The van der Waals surface area contributed by atoms with Gasteiger partial charge in [0.2, 0.25) is 0 Å². The number of thiophene rings is 1. The Hall–Kier alpha value is -2.44. The first-order valence-electron chi connectivity index (χ1n) is 6.87. The first-order chi connectivity index (χ1) is 11.5.